The van der Waals surface area contributed by atoms with Crippen LogP contribution in [0.5, 0.6) is 0 Å². The number of nitrogens with zero attached hydrogens (tertiary/aromatic N) is 1. The quantitative estimate of drug-likeness (QED) is 0.725. The Hall–Kier alpha value is -0.580. The van der Waals surface area contributed by atoms with Crippen molar-refractivity contribution in [2.45, 2.75) is 63.2 Å². The third kappa shape index (κ3) is 1.79. The molecule has 1 aliphatic heterocycles. The van der Waals surface area contributed by atoms with Gasteiger partial charge in [-0.05, 0) is 39.5 Å². The van der Waals surface area contributed by atoms with Gasteiger partial charge in [0.05, 0.1) is 0 Å². The summed E-state index contributed by atoms with van der Waals surface area (Å²) in [5.74, 6) is 0.127. The molecule has 0 spiro atoms. The molecule has 0 aromatic rings. The van der Waals surface area contributed by atoms with E-state index < -0.39 is 20.4 Å². The normalized spacial score (nSPS) is 36.4. The molecule has 1 radical (unpaired) electrons. The topological polar surface area (TPSA) is 55.7 Å². The molecule has 2 rings (SSSR count). The second kappa shape index (κ2) is 3.97. The Morgan fingerprint density at radius 1 is 1.18 bits per heavy atom. The number of hydrogen-bond acceptors (Lipinski definition) is 3. The van der Waals surface area contributed by atoms with E-state index in [1.165, 1.54) is 6.42 Å². The van der Waals surface area contributed by atoms with Crippen LogP contribution in [0.25, 0.3) is 0 Å². The number of hydrogen-bond donors (Lipinski definition) is 0. The van der Waals surface area contributed by atoms with Gasteiger partial charge in [0, 0.05) is 0 Å². The largest absolute Gasteiger partial charge is 0.466 e. The molecule has 97 valence electrons. The lowest BCUT2D eigenvalue weighted by Gasteiger charge is -2.48. The third-order valence-electron chi connectivity index (χ3n) is 4.57. The predicted molar refractivity (Wildman–Crippen MR) is 66.5 cm³/mol. The summed E-state index contributed by atoms with van der Waals surface area (Å²) in [5.41, 5.74) is -0.768. The zero-order valence-electron chi connectivity index (χ0n) is 10.7. The molecule has 1 unspecified atom stereocenters. The van der Waals surface area contributed by atoms with Crippen LogP contribution in [0, 0.1) is 5.92 Å². The van der Waals surface area contributed by atoms with E-state index in [4.69, 9.17) is 4.74 Å². The van der Waals surface area contributed by atoms with Gasteiger partial charge in [0.1, 0.15) is 10.3 Å². The highest BCUT2D eigenvalue weighted by Gasteiger charge is 2.59. The minimum absolute atomic E-state index is 0.127. The second-order valence-corrected chi connectivity index (χ2v) is 7.69. The standard InChI is InChI=1S/C12H20NO3S/c1-11(2)12(3,10-7-5-4-6-8-10)17(14,15)13-9-16-11/h10H,4-8H2,1-3H3. The summed E-state index contributed by atoms with van der Waals surface area (Å²) in [6, 6.07) is 0. The lowest BCUT2D eigenvalue weighted by atomic mass is 9.73. The van der Waals surface area contributed by atoms with Crippen molar-refractivity contribution in [3.63, 3.8) is 0 Å². The summed E-state index contributed by atoms with van der Waals surface area (Å²) in [6.07, 6.45) is 7.47. The maximum Gasteiger partial charge on any atom is 0.290 e. The van der Waals surface area contributed by atoms with Gasteiger partial charge in [-0.15, -0.1) is 4.40 Å². The Bertz CT molecular complexity index is 421. The Labute approximate surface area is 104 Å². The molecule has 5 heteroatoms. The Kier molecular flexibility index (Phi) is 3.00. The summed E-state index contributed by atoms with van der Waals surface area (Å²) in [4.78, 5) is 0. The molecule has 4 nitrogen and oxygen atoms in total. The average Bonchev–Trinajstić information content (AvgIpc) is 2.26. The first kappa shape index (κ1) is 12.9. The van der Waals surface area contributed by atoms with Crippen molar-refractivity contribution in [2.24, 2.45) is 10.3 Å². The van der Waals surface area contributed by atoms with Crippen molar-refractivity contribution in [3.8, 4) is 0 Å². The van der Waals surface area contributed by atoms with Crippen molar-refractivity contribution in [1.29, 1.82) is 0 Å². The highest BCUT2D eigenvalue weighted by Crippen LogP contribution is 2.47. The van der Waals surface area contributed by atoms with Gasteiger partial charge in [0.25, 0.3) is 16.4 Å². The van der Waals surface area contributed by atoms with Crippen LogP contribution in [0.3, 0.4) is 0 Å². The number of sulfonamides is 1. The summed E-state index contributed by atoms with van der Waals surface area (Å²) in [7, 11) is -3.54. The van der Waals surface area contributed by atoms with Gasteiger partial charge in [-0.25, -0.2) is 8.42 Å². The van der Waals surface area contributed by atoms with Crippen LogP contribution in [0.1, 0.15) is 52.9 Å². The smallest absolute Gasteiger partial charge is 0.290 e. The summed E-state index contributed by atoms with van der Waals surface area (Å²) in [6.45, 7) is 5.42. The molecule has 0 saturated heterocycles. The molecule has 0 aromatic heterocycles. The molecular formula is C12H20NO3S. The van der Waals surface area contributed by atoms with E-state index in [9.17, 15) is 8.42 Å². The lowest BCUT2D eigenvalue weighted by molar-refractivity contribution is 0.0211. The first-order valence-electron chi connectivity index (χ1n) is 6.21. The average molecular weight is 258 g/mol. The van der Waals surface area contributed by atoms with Gasteiger partial charge < -0.3 is 4.74 Å². The molecule has 1 fully saturated rings. The summed E-state index contributed by atoms with van der Waals surface area (Å²) in [5, 5.41) is 0. The van der Waals surface area contributed by atoms with Crippen LogP contribution in [-0.4, -0.2) is 25.2 Å². The number of rotatable bonds is 1. The Balaban J connectivity index is 2.46. The van der Waals surface area contributed by atoms with Crippen molar-refractivity contribution in [3.05, 3.63) is 0 Å². The van der Waals surface area contributed by atoms with Crippen molar-refractivity contribution in [2.75, 3.05) is 0 Å². The molecule has 1 atom stereocenters. The monoisotopic (exact) mass is 258 g/mol. The van der Waals surface area contributed by atoms with E-state index in [1.807, 2.05) is 13.8 Å². The van der Waals surface area contributed by atoms with Crippen LogP contribution in [-0.2, 0) is 14.8 Å². The molecule has 17 heavy (non-hydrogen) atoms. The van der Waals surface area contributed by atoms with E-state index in [0.29, 0.717) is 0 Å². The summed E-state index contributed by atoms with van der Waals surface area (Å²) < 4.78 is 32.5. The molecular weight excluding hydrogens is 238 g/mol. The third-order valence-corrected chi connectivity index (χ3v) is 6.79. The zero-order chi connectivity index (χ0) is 12.7. The number of ether oxygens (including phenoxy) is 1. The van der Waals surface area contributed by atoms with Crippen molar-refractivity contribution < 1.29 is 13.2 Å². The van der Waals surface area contributed by atoms with E-state index in [2.05, 4.69) is 10.8 Å². The fourth-order valence-corrected chi connectivity index (χ4v) is 4.69. The SMILES string of the molecule is CC1(C)O[C]=NS(=O)(=O)C1(C)C1CCCCC1. The first-order chi connectivity index (χ1) is 7.81. The fraction of sp³-hybridized carbons (Fsp3) is 0.917. The van der Waals surface area contributed by atoms with Gasteiger partial charge in [-0.1, -0.05) is 19.3 Å². The first-order valence-corrected chi connectivity index (χ1v) is 7.65. The molecule has 0 N–H and O–H groups in total. The van der Waals surface area contributed by atoms with Gasteiger partial charge in [-0.3, -0.25) is 0 Å². The molecule has 1 saturated carbocycles. The van der Waals surface area contributed by atoms with Crippen LogP contribution in [0.4, 0.5) is 0 Å². The van der Waals surface area contributed by atoms with Gasteiger partial charge >= 0.3 is 0 Å². The van der Waals surface area contributed by atoms with Gasteiger partial charge in [-0.2, -0.15) is 0 Å². The van der Waals surface area contributed by atoms with Gasteiger partial charge in [0.15, 0.2) is 0 Å². The fourth-order valence-electron chi connectivity index (χ4n) is 3.04. The van der Waals surface area contributed by atoms with E-state index >= 15 is 0 Å². The van der Waals surface area contributed by atoms with E-state index in [1.54, 1.807) is 6.92 Å². The highest BCUT2D eigenvalue weighted by molar-refractivity contribution is 7.91. The molecule has 0 bridgehead atoms. The Morgan fingerprint density at radius 3 is 2.29 bits per heavy atom. The molecule has 0 amide bonds. The molecule has 2 aliphatic rings. The highest BCUT2D eigenvalue weighted by atomic mass is 32.2. The van der Waals surface area contributed by atoms with Crippen molar-refractivity contribution in [1.82, 2.24) is 0 Å². The van der Waals surface area contributed by atoms with Crippen LogP contribution in [0.2, 0.25) is 0 Å². The minimum atomic E-state index is -3.54. The maximum absolute atomic E-state index is 12.3. The lowest BCUT2D eigenvalue weighted by Crippen LogP contribution is -2.61. The summed E-state index contributed by atoms with van der Waals surface area (Å²) >= 11 is 0. The van der Waals surface area contributed by atoms with Gasteiger partial charge in [0.2, 0.25) is 0 Å². The zero-order valence-corrected chi connectivity index (χ0v) is 11.5. The van der Waals surface area contributed by atoms with Crippen LogP contribution >= 0.6 is 0 Å². The van der Waals surface area contributed by atoms with E-state index in [0.717, 1.165) is 25.7 Å². The maximum atomic E-state index is 12.3. The molecule has 1 aliphatic carbocycles. The Morgan fingerprint density at radius 2 is 1.76 bits per heavy atom. The van der Waals surface area contributed by atoms with E-state index in [-0.39, 0.29) is 5.92 Å². The molecule has 0 aromatic carbocycles. The predicted octanol–water partition coefficient (Wildman–Crippen LogP) is 2.37. The minimum Gasteiger partial charge on any atom is -0.466 e. The van der Waals surface area contributed by atoms with Crippen molar-refractivity contribution >= 4 is 16.4 Å². The van der Waals surface area contributed by atoms with Crippen LogP contribution < -0.4 is 0 Å². The van der Waals surface area contributed by atoms with Crippen LogP contribution in [0.15, 0.2) is 4.40 Å². The second-order valence-electron chi connectivity index (χ2n) is 5.71. The molecule has 1 heterocycles.